The first-order valence-electron chi connectivity index (χ1n) is 7.54. The first kappa shape index (κ1) is 16.1. The Labute approximate surface area is 132 Å². The third kappa shape index (κ3) is 4.58. The van der Waals surface area contributed by atoms with Gasteiger partial charge in [-0.25, -0.2) is 0 Å². The fraction of sp³-hybridized carbons (Fsp3) is 0.444. The molecule has 0 amide bonds. The third-order valence-electron chi connectivity index (χ3n) is 3.44. The fourth-order valence-electron chi connectivity index (χ4n) is 2.35. The minimum Gasteiger partial charge on any atom is -0.491 e. The lowest BCUT2D eigenvalue weighted by atomic mass is 10.1. The quantitative estimate of drug-likeness (QED) is 0.786. The zero-order valence-corrected chi connectivity index (χ0v) is 14.3. The molecule has 0 bridgehead atoms. The number of nitrogens with one attached hydrogen (secondary N) is 1. The zero-order valence-electron chi connectivity index (χ0n) is 13.5. The highest BCUT2D eigenvalue weighted by molar-refractivity contribution is 7.12. The highest BCUT2D eigenvalue weighted by Crippen LogP contribution is 2.26. The number of hydrogen-bond donors (Lipinski definition) is 1. The van der Waals surface area contributed by atoms with Gasteiger partial charge in [-0.15, -0.1) is 11.3 Å². The van der Waals surface area contributed by atoms with Gasteiger partial charge in [-0.1, -0.05) is 12.1 Å². The van der Waals surface area contributed by atoms with Crippen molar-refractivity contribution >= 4 is 11.3 Å². The van der Waals surface area contributed by atoms with Crippen LogP contribution >= 0.6 is 11.3 Å². The monoisotopic (exact) mass is 303 g/mol. The summed E-state index contributed by atoms with van der Waals surface area (Å²) in [7, 11) is 0. The van der Waals surface area contributed by atoms with Crippen LogP contribution < -0.4 is 10.1 Å². The maximum absolute atomic E-state index is 5.68. The normalized spacial score (nSPS) is 14.2. The van der Waals surface area contributed by atoms with Gasteiger partial charge in [0.15, 0.2) is 0 Å². The molecule has 0 aliphatic carbocycles. The second-order valence-electron chi connectivity index (χ2n) is 5.79. The van der Waals surface area contributed by atoms with E-state index >= 15 is 0 Å². The molecule has 0 radical (unpaired) electrons. The van der Waals surface area contributed by atoms with Gasteiger partial charge in [0, 0.05) is 21.8 Å². The van der Waals surface area contributed by atoms with Gasteiger partial charge >= 0.3 is 0 Å². The molecule has 21 heavy (non-hydrogen) atoms. The summed E-state index contributed by atoms with van der Waals surface area (Å²) in [5.74, 6) is 0.933. The molecule has 0 fully saturated rings. The summed E-state index contributed by atoms with van der Waals surface area (Å²) in [6.45, 7) is 10.7. The van der Waals surface area contributed by atoms with E-state index in [1.807, 2.05) is 37.3 Å². The van der Waals surface area contributed by atoms with Crippen LogP contribution in [0, 0.1) is 6.92 Å². The lowest BCUT2D eigenvalue weighted by Gasteiger charge is -2.20. The average molecular weight is 303 g/mol. The Bertz CT molecular complexity index is 559. The third-order valence-corrected chi connectivity index (χ3v) is 4.62. The summed E-state index contributed by atoms with van der Waals surface area (Å²) in [4.78, 5) is 2.75. The van der Waals surface area contributed by atoms with Crippen molar-refractivity contribution < 1.29 is 4.74 Å². The second kappa shape index (κ2) is 7.10. The van der Waals surface area contributed by atoms with Crippen molar-refractivity contribution in [3.8, 4) is 5.75 Å². The molecule has 1 aromatic carbocycles. The van der Waals surface area contributed by atoms with Gasteiger partial charge in [0.2, 0.25) is 0 Å². The predicted molar refractivity (Wildman–Crippen MR) is 91.2 cm³/mol. The molecule has 0 spiro atoms. The van der Waals surface area contributed by atoms with Crippen molar-refractivity contribution in [2.45, 2.75) is 52.8 Å². The first-order valence-corrected chi connectivity index (χ1v) is 8.36. The van der Waals surface area contributed by atoms with Crippen molar-refractivity contribution in [2.24, 2.45) is 0 Å². The van der Waals surface area contributed by atoms with Gasteiger partial charge < -0.3 is 10.1 Å². The van der Waals surface area contributed by atoms with E-state index in [0.29, 0.717) is 12.1 Å². The summed E-state index contributed by atoms with van der Waals surface area (Å²) in [5, 5.41) is 3.66. The van der Waals surface area contributed by atoms with E-state index in [-0.39, 0.29) is 6.10 Å². The Kier molecular flexibility index (Phi) is 5.43. The molecule has 2 rings (SSSR count). The van der Waals surface area contributed by atoms with Crippen LogP contribution in [0.15, 0.2) is 36.4 Å². The summed E-state index contributed by atoms with van der Waals surface area (Å²) < 4.78 is 5.68. The first-order chi connectivity index (χ1) is 9.95. The fourth-order valence-corrected chi connectivity index (χ4v) is 3.24. The van der Waals surface area contributed by atoms with Crippen LogP contribution in [0.1, 0.15) is 55.1 Å². The average Bonchev–Trinajstić information content (AvgIpc) is 2.85. The van der Waals surface area contributed by atoms with Gasteiger partial charge in [0.1, 0.15) is 5.75 Å². The molecule has 2 nitrogen and oxygen atoms in total. The van der Waals surface area contributed by atoms with Gasteiger partial charge in [0.25, 0.3) is 0 Å². The maximum Gasteiger partial charge on any atom is 0.119 e. The molecular formula is C18H25NOS. The lowest BCUT2D eigenvalue weighted by Crippen LogP contribution is -2.21. The van der Waals surface area contributed by atoms with Crippen LogP contribution in [-0.4, -0.2) is 6.10 Å². The van der Waals surface area contributed by atoms with E-state index in [4.69, 9.17) is 4.74 Å². The van der Waals surface area contributed by atoms with E-state index < -0.39 is 0 Å². The van der Waals surface area contributed by atoms with Gasteiger partial charge in [0.05, 0.1) is 6.10 Å². The van der Waals surface area contributed by atoms with E-state index in [9.17, 15) is 0 Å². The number of thiophene rings is 1. The van der Waals surface area contributed by atoms with E-state index in [1.54, 1.807) is 0 Å². The molecule has 2 unspecified atom stereocenters. The van der Waals surface area contributed by atoms with Crippen LogP contribution in [0.5, 0.6) is 5.75 Å². The summed E-state index contributed by atoms with van der Waals surface area (Å²) in [6, 6.07) is 13.5. The number of rotatable bonds is 6. The van der Waals surface area contributed by atoms with Crippen LogP contribution in [0.3, 0.4) is 0 Å². The van der Waals surface area contributed by atoms with Crippen LogP contribution in [0.25, 0.3) is 0 Å². The standard InChI is InChI=1S/C18H25NOS/c1-12(2)20-17-9-7-16(8-10-17)14(4)19-15(5)18-11-6-13(3)21-18/h6-12,14-15,19H,1-5H3. The van der Waals surface area contributed by atoms with Crippen LogP contribution in [0.2, 0.25) is 0 Å². The van der Waals surface area contributed by atoms with Gasteiger partial charge in [-0.2, -0.15) is 0 Å². The maximum atomic E-state index is 5.68. The topological polar surface area (TPSA) is 21.3 Å². The molecule has 0 saturated carbocycles. The second-order valence-corrected chi connectivity index (χ2v) is 7.11. The van der Waals surface area contributed by atoms with Gasteiger partial charge in [-0.3, -0.25) is 0 Å². The molecule has 114 valence electrons. The summed E-state index contributed by atoms with van der Waals surface area (Å²) >= 11 is 1.86. The molecule has 1 aromatic heterocycles. The SMILES string of the molecule is Cc1ccc(C(C)NC(C)c2ccc(OC(C)C)cc2)s1. The Morgan fingerprint density at radius 1 is 0.905 bits per heavy atom. The van der Waals surface area contributed by atoms with Crippen molar-refractivity contribution in [3.63, 3.8) is 0 Å². The number of ether oxygens (including phenoxy) is 1. The Hall–Kier alpha value is -1.32. The highest BCUT2D eigenvalue weighted by atomic mass is 32.1. The molecule has 0 aliphatic rings. The van der Waals surface area contributed by atoms with Crippen LogP contribution in [0.4, 0.5) is 0 Å². The smallest absolute Gasteiger partial charge is 0.119 e. The Balaban J connectivity index is 1.98. The van der Waals surface area contributed by atoms with E-state index in [2.05, 4.69) is 50.4 Å². The molecule has 1 heterocycles. The molecule has 0 aliphatic heterocycles. The molecular weight excluding hydrogens is 278 g/mol. The van der Waals surface area contributed by atoms with Gasteiger partial charge in [-0.05, 0) is 64.4 Å². The molecule has 2 aromatic rings. The highest BCUT2D eigenvalue weighted by Gasteiger charge is 2.12. The molecule has 0 saturated heterocycles. The molecule has 1 N–H and O–H groups in total. The predicted octanol–water partition coefficient (Wildman–Crippen LogP) is 5.26. The zero-order chi connectivity index (χ0) is 15.4. The lowest BCUT2D eigenvalue weighted by molar-refractivity contribution is 0.242. The number of hydrogen-bond acceptors (Lipinski definition) is 3. The van der Waals surface area contributed by atoms with Crippen molar-refractivity contribution in [3.05, 3.63) is 51.7 Å². The minimum atomic E-state index is 0.216. The van der Waals surface area contributed by atoms with E-state index in [1.165, 1.54) is 15.3 Å². The minimum absolute atomic E-state index is 0.216. The molecule has 2 atom stereocenters. The van der Waals surface area contributed by atoms with Crippen molar-refractivity contribution in [1.29, 1.82) is 0 Å². The van der Waals surface area contributed by atoms with E-state index in [0.717, 1.165) is 5.75 Å². The van der Waals surface area contributed by atoms with Crippen molar-refractivity contribution in [2.75, 3.05) is 0 Å². The Morgan fingerprint density at radius 3 is 2.10 bits per heavy atom. The number of aryl methyl sites for hydroxylation is 1. The van der Waals surface area contributed by atoms with Crippen LogP contribution in [-0.2, 0) is 0 Å². The summed E-state index contributed by atoms with van der Waals surface area (Å²) in [6.07, 6.45) is 0.216. The summed E-state index contributed by atoms with van der Waals surface area (Å²) in [5.41, 5.74) is 1.28. The molecule has 3 heteroatoms. The van der Waals surface area contributed by atoms with Crippen molar-refractivity contribution in [1.82, 2.24) is 5.32 Å². The Morgan fingerprint density at radius 2 is 1.57 bits per heavy atom. The largest absolute Gasteiger partial charge is 0.491 e. The number of benzene rings is 1.